The van der Waals surface area contributed by atoms with Crippen molar-refractivity contribution >= 4 is 40.7 Å². The number of thioether (sulfide) groups is 1. The summed E-state index contributed by atoms with van der Waals surface area (Å²) >= 11 is 2.91. The van der Waals surface area contributed by atoms with Crippen LogP contribution in [0.3, 0.4) is 0 Å². The van der Waals surface area contributed by atoms with Gasteiger partial charge in [0, 0.05) is 31.4 Å². The molecule has 1 aliphatic rings. The molecule has 1 saturated heterocycles. The molecule has 168 valence electrons. The Morgan fingerprint density at radius 3 is 2.56 bits per heavy atom. The molecule has 32 heavy (non-hydrogen) atoms. The third-order valence-electron chi connectivity index (χ3n) is 5.31. The predicted octanol–water partition coefficient (Wildman–Crippen LogP) is 3.89. The van der Waals surface area contributed by atoms with Crippen LogP contribution >= 0.6 is 23.1 Å². The fourth-order valence-electron chi connectivity index (χ4n) is 3.62. The molecule has 1 fully saturated rings. The molecule has 1 amide bonds. The van der Waals surface area contributed by atoms with Crippen LogP contribution in [0, 0.1) is 6.92 Å². The number of ketones is 1. The van der Waals surface area contributed by atoms with Crippen molar-refractivity contribution < 1.29 is 9.59 Å². The first-order chi connectivity index (χ1) is 15.5. The van der Waals surface area contributed by atoms with Gasteiger partial charge in [-0.25, -0.2) is 0 Å². The van der Waals surface area contributed by atoms with Crippen molar-refractivity contribution in [3.8, 4) is 5.69 Å². The van der Waals surface area contributed by atoms with E-state index in [-0.39, 0.29) is 11.7 Å². The number of amides is 1. The molecule has 0 atom stereocenters. The third-order valence-corrected chi connectivity index (χ3v) is 7.43. The summed E-state index contributed by atoms with van der Waals surface area (Å²) in [7, 11) is 0. The van der Waals surface area contributed by atoms with E-state index in [0.29, 0.717) is 12.3 Å². The van der Waals surface area contributed by atoms with Crippen molar-refractivity contribution in [1.82, 2.24) is 20.1 Å². The summed E-state index contributed by atoms with van der Waals surface area (Å²) in [6.45, 7) is 6.10. The quantitative estimate of drug-likeness (QED) is 0.378. The lowest BCUT2D eigenvalue weighted by molar-refractivity contribution is -0.118. The highest BCUT2D eigenvalue weighted by atomic mass is 32.2. The van der Waals surface area contributed by atoms with Gasteiger partial charge in [0.15, 0.2) is 10.9 Å². The maximum Gasteiger partial charge on any atom is 0.232 e. The SMILES string of the molecule is CC(=O)NCCc1ccc(C(=O)CSc2nnc(N3CCCC3)n2-c2ccc(C)cc2)s1. The highest BCUT2D eigenvalue weighted by Gasteiger charge is 2.23. The standard InChI is InChI=1S/C23H27N5O2S2/c1-16-5-7-18(8-6-16)28-22(27-13-3-4-14-27)25-26-23(28)31-15-20(30)21-10-9-19(32-21)11-12-24-17(2)29/h5-10H,3-4,11-15H2,1-2H3,(H,24,29). The lowest BCUT2D eigenvalue weighted by Crippen LogP contribution is -2.22. The largest absolute Gasteiger partial charge is 0.356 e. The molecule has 1 N–H and O–H groups in total. The van der Waals surface area contributed by atoms with Crippen molar-refractivity contribution in [2.75, 3.05) is 30.3 Å². The average molecular weight is 470 g/mol. The second kappa shape index (κ2) is 10.3. The summed E-state index contributed by atoms with van der Waals surface area (Å²) in [6, 6.07) is 12.1. The van der Waals surface area contributed by atoms with E-state index in [1.54, 1.807) is 0 Å². The van der Waals surface area contributed by atoms with Gasteiger partial charge >= 0.3 is 0 Å². The molecule has 3 heterocycles. The average Bonchev–Trinajstić information content (AvgIpc) is 3.53. The normalized spacial score (nSPS) is 13.5. The summed E-state index contributed by atoms with van der Waals surface area (Å²) in [5.41, 5.74) is 2.20. The van der Waals surface area contributed by atoms with Crippen molar-refractivity contribution in [2.45, 2.75) is 38.3 Å². The number of carbonyl (C=O) groups is 2. The summed E-state index contributed by atoms with van der Waals surface area (Å²) in [5.74, 6) is 1.18. The number of thiophene rings is 1. The fraction of sp³-hybridized carbons (Fsp3) is 0.391. The highest BCUT2D eigenvalue weighted by molar-refractivity contribution is 7.99. The lowest BCUT2D eigenvalue weighted by Gasteiger charge is -2.18. The molecule has 9 heteroatoms. The van der Waals surface area contributed by atoms with Crippen LogP contribution in [-0.2, 0) is 11.2 Å². The second-order valence-corrected chi connectivity index (χ2v) is 9.97. The maximum absolute atomic E-state index is 12.8. The topological polar surface area (TPSA) is 80.1 Å². The second-order valence-electron chi connectivity index (χ2n) is 7.86. The fourth-order valence-corrected chi connectivity index (χ4v) is 5.49. The molecule has 3 aromatic rings. The molecule has 0 saturated carbocycles. The number of carbonyl (C=O) groups excluding carboxylic acids is 2. The van der Waals surface area contributed by atoms with E-state index < -0.39 is 0 Å². The van der Waals surface area contributed by atoms with E-state index in [1.165, 1.54) is 35.6 Å². The number of hydrogen-bond donors (Lipinski definition) is 1. The predicted molar refractivity (Wildman–Crippen MR) is 129 cm³/mol. The van der Waals surface area contributed by atoms with Crippen LogP contribution in [0.4, 0.5) is 5.95 Å². The molecule has 0 bridgehead atoms. The van der Waals surface area contributed by atoms with Gasteiger partial charge in [-0.3, -0.25) is 14.2 Å². The van der Waals surface area contributed by atoms with Crippen molar-refractivity contribution in [1.29, 1.82) is 0 Å². The van der Waals surface area contributed by atoms with Gasteiger partial charge in [-0.15, -0.1) is 21.5 Å². The monoisotopic (exact) mass is 469 g/mol. The molecule has 0 radical (unpaired) electrons. The lowest BCUT2D eigenvalue weighted by atomic mass is 10.2. The third kappa shape index (κ3) is 5.39. The smallest absolute Gasteiger partial charge is 0.232 e. The van der Waals surface area contributed by atoms with E-state index in [4.69, 9.17) is 0 Å². The molecular formula is C23H27N5O2S2. The highest BCUT2D eigenvalue weighted by Crippen LogP contribution is 2.29. The summed E-state index contributed by atoms with van der Waals surface area (Å²) in [5, 5.41) is 12.4. The zero-order valence-corrected chi connectivity index (χ0v) is 20.0. The van der Waals surface area contributed by atoms with Crippen molar-refractivity contribution in [2.24, 2.45) is 0 Å². The Balaban J connectivity index is 1.47. The Kier molecular flexibility index (Phi) is 7.26. The molecule has 4 rings (SSSR count). The summed E-state index contributed by atoms with van der Waals surface area (Å²) in [6.07, 6.45) is 3.04. The molecule has 2 aromatic heterocycles. The summed E-state index contributed by atoms with van der Waals surface area (Å²) < 4.78 is 2.07. The van der Waals surface area contributed by atoms with E-state index in [1.807, 2.05) is 12.1 Å². The van der Waals surface area contributed by atoms with Crippen LogP contribution < -0.4 is 10.2 Å². The van der Waals surface area contributed by atoms with Crippen LogP contribution in [0.15, 0.2) is 41.6 Å². The number of nitrogens with zero attached hydrogens (tertiary/aromatic N) is 4. The minimum absolute atomic E-state index is 0.0414. The number of aryl methyl sites for hydroxylation is 1. The zero-order chi connectivity index (χ0) is 22.5. The maximum atomic E-state index is 12.8. The minimum atomic E-state index is -0.0414. The van der Waals surface area contributed by atoms with E-state index >= 15 is 0 Å². The van der Waals surface area contributed by atoms with Crippen LogP contribution in [0.25, 0.3) is 5.69 Å². The van der Waals surface area contributed by atoms with Crippen molar-refractivity contribution in [3.63, 3.8) is 0 Å². The first-order valence-corrected chi connectivity index (χ1v) is 12.6. The minimum Gasteiger partial charge on any atom is -0.356 e. The van der Waals surface area contributed by atoms with Crippen LogP contribution in [0.2, 0.25) is 0 Å². The Hall–Kier alpha value is -2.65. The number of Topliss-reactive ketones (excluding diaryl/α,β-unsaturated/α-hetero) is 1. The zero-order valence-electron chi connectivity index (χ0n) is 18.3. The Labute approximate surface area is 196 Å². The van der Waals surface area contributed by atoms with Gasteiger partial charge in [0.2, 0.25) is 11.9 Å². The van der Waals surface area contributed by atoms with Crippen LogP contribution in [0.5, 0.6) is 0 Å². The number of anilines is 1. The number of rotatable bonds is 9. The first kappa shape index (κ1) is 22.5. The Morgan fingerprint density at radius 2 is 1.84 bits per heavy atom. The molecule has 7 nitrogen and oxygen atoms in total. The molecule has 0 spiro atoms. The van der Waals surface area contributed by atoms with E-state index in [2.05, 4.69) is 56.2 Å². The van der Waals surface area contributed by atoms with Gasteiger partial charge in [0.05, 0.1) is 16.3 Å². The number of aromatic nitrogens is 3. The Morgan fingerprint density at radius 1 is 1.09 bits per heavy atom. The van der Waals surface area contributed by atoms with Crippen molar-refractivity contribution in [3.05, 3.63) is 51.7 Å². The van der Waals surface area contributed by atoms with Gasteiger partial charge in [-0.1, -0.05) is 29.5 Å². The number of benzene rings is 1. The van der Waals surface area contributed by atoms with Gasteiger partial charge in [0.1, 0.15) is 0 Å². The van der Waals surface area contributed by atoms with Crippen LogP contribution in [-0.4, -0.2) is 51.8 Å². The Bertz CT molecular complexity index is 1080. The van der Waals surface area contributed by atoms with Gasteiger partial charge < -0.3 is 10.2 Å². The number of hydrogen-bond acceptors (Lipinski definition) is 7. The molecule has 1 aliphatic heterocycles. The van der Waals surface area contributed by atoms with E-state index in [9.17, 15) is 9.59 Å². The van der Waals surface area contributed by atoms with E-state index in [0.717, 1.165) is 58.9 Å². The van der Waals surface area contributed by atoms with Gasteiger partial charge in [-0.05, 0) is 50.5 Å². The molecule has 1 aromatic carbocycles. The van der Waals surface area contributed by atoms with Gasteiger partial charge in [-0.2, -0.15) is 0 Å². The molecule has 0 aliphatic carbocycles. The summed E-state index contributed by atoms with van der Waals surface area (Å²) in [4.78, 5) is 27.9. The number of nitrogens with one attached hydrogen (secondary N) is 1. The van der Waals surface area contributed by atoms with Gasteiger partial charge in [0.25, 0.3) is 0 Å². The first-order valence-electron chi connectivity index (χ1n) is 10.8. The van der Waals surface area contributed by atoms with Crippen LogP contribution in [0.1, 0.15) is 39.9 Å². The molecule has 0 unspecified atom stereocenters. The molecular weight excluding hydrogens is 442 g/mol.